The van der Waals surface area contributed by atoms with Gasteiger partial charge in [-0.3, -0.25) is 9.24 Å². The van der Waals surface area contributed by atoms with Gasteiger partial charge in [-0.1, -0.05) is 62.4 Å². The van der Waals surface area contributed by atoms with E-state index in [0.29, 0.717) is 6.54 Å². The summed E-state index contributed by atoms with van der Waals surface area (Å²) in [5.74, 6) is 0. The van der Waals surface area contributed by atoms with Crippen LogP contribution in [0.3, 0.4) is 0 Å². The van der Waals surface area contributed by atoms with Crippen LogP contribution in [-0.4, -0.2) is 35.0 Å². The Kier molecular flexibility index (Phi) is 5.63. The first-order chi connectivity index (χ1) is 12.1. The Bertz CT molecular complexity index is 718. The van der Waals surface area contributed by atoms with E-state index in [-0.39, 0.29) is 6.04 Å². The molecule has 25 heavy (non-hydrogen) atoms. The summed E-state index contributed by atoms with van der Waals surface area (Å²) in [4.78, 5) is 0. The highest BCUT2D eigenvalue weighted by molar-refractivity contribution is 7.61. The highest BCUT2D eigenvalue weighted by atomic mass is 31.2. The molecule has 1 fully saturated rings. The maximum absolute atomic E-state index is 14.4. The van der Waals surface area contributed by atoms with Crippen molar-refractivity contribution in [1.29, 1.82) is 0 Å². The normalized spacial score (nSPS) is 24.2. The molecule has 0 N–H and O–H groups in total. The van der Waals surface area contributed by atoms with Crippen LogP contribution in [0.15, 0.2) is 60.7 Å². The summed E-state index contributed by atoms with van der Waals surface area (Å²) >= 11 is 0. The molecular weight excluding hydrogens is 329 g/mol. The highest BCUT2D eigenvalue weighted by Crippen LogP contribution is 2.63. The number of hydrogen-bond acceptors (Lipinski definition) is 1. The Morgan fingerprint density at radius 3 is 2.12 bits per heavy atom. The van der Waals surface area contributed by atoms with Gasteiger partial charge >= 0.3 is 7.59 Å². The quantitative estimate of drug-likeness (QED) is 0.691. The lowest BCUT2D eigenvalue weighted by atomic mass is 10.2. The minimum absolute atomic E-state index is 0.229. The highest BCUT2D eigenvalue weighted by Gasteiger charge is 2.50. The fraction of sp³-hybridized carbons (Fsp3) is 0.400. The largest absolute Gasteiger partial charge is 0.311 e. The number of nitrogens with zero attached hydrogens (tertiary/aromatic N) is 3. The molecule has 0 aliphatic carbocycles. The minimum atomic E-state index is -2.84. The summed E-state index contributed by atoms with van der Waals surface area (Å²) in [6, 6.07) is 20.8. The van der Waals surface area contributed by atoms with Crippen LogP contribution < -0.4 is 4.67 Å². The first-order valence-corrected chi connectivity index (χ1v) is 10.7. The third-order valence-electron chi connectivity index (χ3n) is 4.94. The molecule has 1 aliphatic rings. The van der Waals surface area contributed by atoms with Crippen molar-refractivity contribution in [2.45, 2.75) is 33.4 Å². The summed E-state index contributed by atoms with van der Waals surface area (Å²) in [5.41, 5.74) is 2.25. The topological polar surface area (TPSA) is 26.8 Å². The monoisotopic (exact) mass is 357 g/mol. The maximum Gasteiger partial charge on any atom is 0.311 e. The molecule has 0 unspecified atom stereocenters. The van der Waals surface area contributed by atoms with Gasteiger partial charge in [-0.2, -0.15) is 0 Å². The summed E-state index contributed by atoms with van der Waals surface area (Å²) in [5, 5.41) is 0. The summed E-state index contributed by atoms with van der Waals surface area (Å²) in [7, 11) is -2.84. The predicted octanol–water partition coefficient (Wildman–Crippen LogP) is 4.85. The van der Waals surface area contributed by atoms with Crippen LogP contribution >= 0.6 is 7.59 Å². The number of anilines is 1. The van der Waals surface area contributed by atoms with E-state index in [9.17, 15) is 4.57 Å². The Labute approximate surface area is 151 Å². The van der Waals surface area contributed by atoms with Crippen LogP contribution in [0.25, 0.3) is 0 Å². The molecule has 1 heterocycles. The van der Waals surface area contributed by atoms with Crippen molar-refractivity contribution in [3.8, 4) is 0 Å². The second-order valence-corrected chi connectivity index (χ2v) is 9.09. The summed E-state index contributed by atoms with van der Waals surface area (Å²) in [6.45, 7) is 9.40. The molecule has 3 rings (SSSR count). The Morgan fingerprint density at radius 1 is 1.00 bits per heavy atom. The second kappa shape index (κ2) is 7.74. The van der Waals surface area contributed by atoms with E-state index < -0.39 is 7.59 Å². The molecular formula is C20H28N3OP. The molecule has 2 aromatic rings. The molecule has 2 aromatic carbocycles. The number of hydrogen-bond donors (Lipinski definition) is 0. The van der Waals surface area contributed by atoms with E-state index in [2.05, 4.69) is 59.0 Å². The third-order valence-corrected chi connectivity index (χ3v) is 8.47. The fourth-order valence-corrected chi connectivity index (χ4v) is 7.09. The molecule has 0 aromatic heterocycles. The van der Waals surface area contributed by atoms with Gasteiger partial charge in [0.25, 0.3) is 0 Å². The van der Waals surface area contributed by atoms with Crippen LogP contribution in [0.5, 0.6) is 0 Å². The molecule has 134 valence electrons. The Balaban J connectivity index is 2.02. The van der Waals surface area contributed by atoms with E-state index in [1.54, 1.807) is 0 Å². The van der Waals surface area contributed by atoms with Crippen molar-refractivity contribution in [2.24, 2.45) is 0 Å². The van der Waals surface area contributed by atoms with Gasteiger partial charge < -0.3 is 0 Å². The van der Waals surface area contributed by atoms with Gasteiger partial charge in [-0.25, -0.2) is 9.34 Å². The van der Waals surface area contributed by atoms with Crippen LogP contribution in [0.4, 0.5) is 5.69 Å². The standard InChI is InChI=1S/C20H28N3OP/c1-4-21(5-2)25(24)22(17-19-12-8-6-9-13-19)18(3)16-23(25)20-14-10-7-11-15-20/h6-15,18H,4-5,16-17H2,1-3H3/t18-,25+/m1/s1. The first-order valence-electron chi connectivity index (χ1n) is 9.10. The first kappa shape index (κ1) is 18.2. The number of para-hydroxylation sites is 1. The van der Waals surface area contributed by atoms with Crippen molar-refractivity contribution in [1.82, 2.24) is 9.34 Å². The summed E-state index contributed by atoms with van der Waals surface area (Å²) < 4.78 is 20.9. The molecule has 1 aliphatic heterocycles. The van der Waals surface area contributed by atoms with Gasteiger partial charge in [0.1, 0.15) is 0 Å². The van der Waals surface area contributed by atoms with E-state index in [1.807, 2.05) is 36.4 Å². The van der Waals surface area contributed by atoms with Crippen molar-refractivity contribution < 1.29 is 4.57 Å². The zero-order chi connectivity index (χ0) is 17.9. The van der Waals surface area contributed by atoms with Gasteiger partial charge in [0.05, 0.1) is 0 Å². The van der Waals surface area contributed by atoms with Crippen molar-refractivity contribution in [3.05, 3.63) is 66.2 Å². The lowest BCUT2D eigenvalue weighted by molar-refractivity contribution is 0.323. The minimum Gasteiger partial charge on any atom is -0.297 e. The van der Waals surface area contributed by atoms with E-state index >= 15 is 0 Å². The average Bonchev–Trinajstić information content (AvgIpc) is 2.90. The van der Waals surface area contributed by atoms with Crippen molar-refractivity contribution in [3.63, 3.8) is 0 Å². The number of rotatable bonds is 6. The molecule has 0 amide bonds. The van der Waals surface area contributed by atoms with Crippen LogP contribution in [0.2, 0.25) is 0 Å². The molecule has 5 heteroatoms. The number of benzene rings is 2. The van der Waals surface area contributed by atoms with Gasteiger partial charge in [-0.15, -0.1) is 0 Å². The lowest BCUT2D eigenvalue weighted by Crippen LogP contribution is -2.34. The van der Waals surface area contributed by atoms with Crippen molar-refractivity contribution in [2.75, 3.05) is 24.3 Å². The van der Waals surface area contributed by atoms with Gasteiger partial charge in [0.15, 0.2) is 0 Å². The van der Waals surface area contributed by atoms with Crippen LogP contribution in [-0.2, 0) is 11.1 Å². The predicted molar refractivity (Wildman–Crippen MR) is 106 cm³/mol. The SMILES string of the molecule is CCN(CC)[P@@]1(=O)N(c2ccccc2)C[C@@H](C)N1Cc1ccccc1. The van der Waals surface area contributed by atoms with E-state index in [1.165, 1.54) is 5.56 Å². The fourth-order valence-electron chi connectivity index (χ4n) is 3.63. The molecule has 0 saturated carbocycles. The van der Waals surface area contributed by atoms with Crippen molar-refractivity contribution >= 4 is 13.3 Å². The zero-order valence-electron chi connectivity index (χ0n) is 15.4. The summed E-state index contributed by atoms with van der Waals surface area (Å²) in [6.07, 6.45) is 0. The molecule has 0 radical (unpaired) electrons. The van der Waals surface area contributed by atoms with Crippen LogP contribution in [0.1, 0.15) is 26.3 Å². The maximum atomic E-state index is 14.4. The smallest absolute Gasteiger partial charge is 0.297 e. The molecule has 0 spiro atoms. The third kappa shape index (κ3) is 3.39. The van der Waals surface area contributed by atoms with Gasteiger partial charge in [0.2, 0.25) is 0 Å². The average molecular weight is 357 g/mol. The molecule has 1 saturated heterocycles. The van der Waals surface area contributed by atoms with Crippen LogP contribution in [0, 0.1) is 0 Å². The van der Waals surface area contributed by atoms with Gasteiger partial charge in [0, 0.05) is 37.9 Å². The molecule has 2 atom stereocenters. The second-order valence-electron chi connectivity index (χ2n) is 6.50. The zero-order valence-corrected chi connectivity index (χ0v) is 16.3. The van der Waals surface area contributed by atoms with E-state index in [4.69, 9.17) is 0 Å². The van der Waals surface area contributed by atoms with Gasteiger partial charge in [-0.05, 0) is 24.6 Å². The van der Waals surface area contributed by atoms with E-state index in [0.717, 1.165) is 25.3 Å². The molecule has 4 nitrogen and oxygen atoms in total. The Morgan fingerprint density at radius 2 is 1.56 bits per heavy atom. The Hall–Kier alpha value is -1.61. The molecule has 0 bridgehead atoms. The lowest BCUT2D eigenvalue weighted by Gasteiger charge is -2.39.